The molecular weight excluding hydrogens is 388 g/mol. The molecular formula is C21H24N4O5. The minimum Gasteiger partial charge on any atom is -0.497 e. The van der Waals surface area contributed by atoms with E-state index >= 15 is 0 Å². The van der Waals surface area contributed by atoms with Gasteiger partial charge in [-0.2, -0.15) is 0 Å². The highest BCUT2D eigenvalue weighted by molar-refractivity contribution is 6.08. The number of methoxy groups -OCH3 is 2. The number of benzene rings is 1. The molecule has 158 valence electrons. The summed E-state index contributed by atoms with van der Waals surface area (Å²) in [4.78, 5) is 33.8. The molecule has 1 aromatic carbocycles. The molecule has 0 unspecified atom stereocenters. The van der Waals surface area contributed by atoms with Crippen LogP contribution in [0.5, 0.6) is 5.75 Å². The monoisotopic (exact) mass is 412 g/mol. The van der Waals surface area contributed by atoms with E-state index in [2.05, 4.69) is 15.2 Å². The van der Waals surface area contributed by atoms with E-state index in [4.69, 9.17) is 13.9 Å². The summed E-state index contributed by atoms with van der Waals surface area (Å²) in [7, 11) is 2.90. The van der Waals surface area contributed by atoms with Gasteiger partial charge in [-0.1, -0.05) is 0 Å². The number of amides is 1. The second-order valence-electron chi connectivity index (χ2n) is 7.08. The maximum absolute atomic E-state index is 12.7. The summed E-state index contributed by atoms with van der Waals surface area (Å²) in [5, 5.41) is 2.77. The molecule has 2 aliphatic rings. The Morgan fingerprint density at radius 2 is 1.80 bits per heavy atom. The quantitative estimate of drug-likeness (QED) is 0.599. The van der Waals surface area contributed by atoms with Gasteiger partial charge in [-0.15, -0.1) is 0 Å². The smallest absolute Gasteiger partial charge is 0.320 e. The first-order valence-corrected chi connectivity index (χ1v) is 9.74. The van der Waals surface area contributed by atoms with Crippen LogP contribution < -0.4 is 15.0 Å². The molecule has 0 saturated carbocycles. The molecule has 4 rings (SSSR count). The van der Waals surface area contributed by atoms with Gasteiger partial charge in [0.15, 0.2) is 5.92 Å². The van der Waals surface area contributed by atoms with Crippen LogP contribution in [0.15, 0.2) is 52.1 Å². The molecule has 30 heavy (non-hydrogen) atoms. The summed E-state index contributed by atoms with van der Waals surface area (Å²) < 4.78 is 15.5. The van der Waals surface area contributed by atoms with Gasteiger partial charge in [0.25, 0.3) is 0 Å². The van der Waals surface area contributed by atoms with Gasteiger partial charge in [0.05, 0.1) is 20.5 Å². The van der Waals surface area contributed by atoms with Gasteiger partial charge in [-0.3, -0.25) is 14.9 Å². The van der Waals surface area contributed by atoms with Crippen LogP contribution in [-0.4, -0.2) is 63.1 Å². The van der Waals surface area contributed by atoms with Crippen LogP contribution in [0, 0.1) is 5.92 Å². The van der Waals surface area contributed by atoms with Crippen LogP contribution in [0.3, 0.4) is 0 Å². The van der Waals surface area contributed by atoms with Crippen molar-refractivity contribution in [1.29, 1.82) is 0 Å². The molecule has 0 aliphatic carbocycles. The molecule has 2 atom stereocenters. The lowest BCUT2D eigenvalue weighted by Crippen LogP contribution is -2.57. The van der Waals surface area contributed by atoms with Crippen LogP contribution in [0.1, 0.15) is 11.8 Å². The number of nitrogens with one attached hydrogen (secondary N) is 1. The average Bonchev–Trinajstić information content (AvgIpc) is 3.33. The van der Waals surface area contributed by atoms with E-state index in [9.17, 15) is 9.59 Å². The van der Waals surface area contributed by atoms with Crippen LogP contribution in [0.4, 0.5) is 5.69 Å². The van der Waals surface area contributed by atoms with E-state index in [1.54, 1.807) is 19.2 Å². The zero-order valence-electron chi connectivity index (χ0n) is 16.9. The third kappa shape index (κ3) is 3.83. The number of guanidine groups is 1. The van der Waals surface area contributed by atoms with Gasteiger partial charge in [-0.25, -0.2) is 4.99 Å². The SMILES string of the molecule is COC(=O)[C@@H]1C(=O)NC(N2CCN(c3ccc(OC)cc3)CC2)=N[C@H]1c1ccco1. The van der Waals surface area contributed by atoms with Gasteiger partial charge < -0.3 is 23.7 Å². The van der Waals surface area contributed by atoms with Crippen molar-refractivity contribution >= 4 is 23.5 Å². The first-order chi connectivity index (χ1) is 14.6. The minimum absolute atomic E-state index is 0.439. The number of rotatable bonds is 4. The molecule has 1 saturated heterocycles. The maximum Gasteiger partial charge on any atom is 0.320 e. The Bertz CT molecular complexity index is 917. The molecule has 2 aromatic rings. The van der Waals surface area contributed by atoms with Gasteiger partial charge >= 0.3 is 5.97 Å². The molecule has 1 aromatic heterocycles. The van der Waals surface area contributed by atoms with Crippen LogP contribution in [-0.2, 0) is 14.3 Å². The van der Waals surface area contributed by atoms with Crippen molar-refractivity contribution in [2.24, 2.45) is 10.9 Å². The molecule has 0 radical (unpaired) electrons. The van der Waals surface area contributed by atoms with Crippen molar-refractivity contribution in [3.63, 3.8) is 0 Å². The number of piperazine rings is 1. The second-order valence-corrected chi connectivity index (χ2v) is 7.08. The van der Waals surface area contributed by atoms with Crippen molar-refractivity contribution in [1.82, 2.24) is 10.2 Å². The van der Waals surface area contributed by atoms with E-state index in [0.717, 1.165) is 24.5 Å². The predicted molar refractivity (Wildman–Crippen MR) is 109 cm³/mol. The molecule has 9 nitrogen and oxygen atoms in total. The van der Waals surface area contributed by atoms with Crippen molar-refractivity contribution in [3.05, 3.63) is 48.4 Å². The normalized spacial score (nSPS) is 21.7. The molecule has 1 fully saturated rings. The molecule has 1 N–H and O–H groups in total. The van der Waals surface area contributed by atoms with Gasteiger partial charge in [0, 0.05) is 31.9 Å². The Kier molecular flexibility index (Phi) is 5.60. The van der Waals surface area contributed by atoms with Crippen molar-refractivity contribution in [3.8, 4) is 5.75 Å². The number of ether oxygens (including phenoxy) is 2. The number of carbonyl (C=O) groups excluding carboxylic acids is 2. The number of carbonyl (C=O) groups is 2. The highest BCUT2D eigenvalue weighted by Crippen LogP contribution is 2.31. The average molecular weight is 412 g/mol. The summed E-state index contributed by atoms with van der Waals surface area (Å²) in [5.74, 6) is -0.427. The summed E-state index contributed by atoms with van der Waals surface area (Å²) >= 11 is 0. The third-order valence-corrected chi connectivity index (χ3v) is 5.40. The van der Waals surface area contributed by atoms with Crippen molar-refractivity contribution in [2.75, 3.05) is 45.3 Å². The van der Waals surface area contributed by atoms with E-state index in [1.165, 1.54) is 13.4 Å². The number of hydrogen-bond acceptors (Lipinski definition) is 8. The zero-order chi connectivity index (χ0) is 21.1. The summed E-state index contributed by atoms with van der Waals surface area (Å²) in [6.45, 7) is 2.90. The van der Waals surface area contributed by atoms with Crippen LogP contribution in [0.25, 0.3) is 0 Å². The van der Waals surface area contributed by atoms with Gasteiger partial charge in [-0.05, 0) is 36.4 Å². The third-order valence-electron chi connectivity index (χ3n) is 5.40. The van der Waals surface area contributed by atoms with Gasteiger partial charge in [0.1, 0.15) is 17.6 Å². The lowest BCUT2D eigenvalue weighted by Gasteiger charge is -2.39. The first kappa shape index (κ1) is 19.8. The first-order valence-electron chi connectivity index (χ1n) is 9.74. The minimum atomic E-state index is -1.08. The highest BCUT2D eigenvalue weighted by Gasteiger charge is 2.43. The zero-order valence-corrected chi connectivity index (χ0v) is 16.9. The summed E-state index contributed by atoms with van der Waals surface area (Å²) in [5.41, 5.74) is 1.12. The predicted octanol–water partition coefficient (Wildman–Crippen LogP) is 1.43. The fourth-order valence-electron chi connectivity index (χ4n) is 3.75. The lowest BCUT2D eigenvalue weighted by molar-refractivity contribution is -0.151. The summed E-state index contributed by atoms with van der Waals surface area (Å²) in [6.07, 6.45) is 1.50. The fourth-order valence-corrected chi connectivity index (χ4v) is 3.75. The largest absolute Gasteiger partial charge is 0.497 e. The Hall–Kier alpha value is -3.49. The molecule has 3 heterocycles. The summed E-state index contributed by atoms with van der Waals surface area (Å²) in [6, 6.07) is 10.6. The molecule has 0 spiro atoms. The number of esters is 1. The standard InChI is InChI=1S/C21H24N4O5/c1-28-15-7-5-14(6-8-15)24-9-11-25(12-10-24)21-22-18(16-4-3-13-30-16)17(19(26)23-21)20(27)29-2/h3-8,13,17-18H,9-12H2,1-2H3,(H,22,23,26)/t17-,18-/m0/s1. The van der Waals surface area contributed by atoms with Crippen molar-refractivity contribution < 1.29 is 23.5 Å². The topological polar surface area (TPSA) is 96.6 Å². The number of anilines is 1. The lowest BCUT2D eigenvalue weighted by atomic mass is 9.95. The molecule has 2 aliphatic heterocycles. The number of furan rings is 1. The highest BCUT2D eigenvalue weighted by atomic mass is 16.5. The van der Waals surface area contributed by atoms with E-state index in [-0.39, 0.29) is 0 Å². The number of nitrogens with zero attached hydrogens (tertiary/aromatic N) is 3. The van der Waals surface area contributed by atoms with Crippen LogP contribution >= 0.6 is 0 Å². The molecule has 1 amide bonds. The van der Waals surface area contributed by atoms with E-state index in [0.29, 0.717) is 24.8 Å². The van der Waals surface area contributed by atoms with E-state index in [1.807, 2.05) is 29.2 Å². The number of hydrogen-bond donors (Lipinski definition) is 1. The Morgan fingerprint density at radius 3 is 2.40 bits per heavy atom. The van der Waals surface area contributed by atoms with Crippen molar-refractivity contribution in [2.45, 2.75) is 6.04 Å². The second kappa shape index (κ2) is 8.48. The number of aliphatic imine (C=N–C) groups is 1. The molecule has 9 heteroatoms. The van der Waals surface area contributed by atoms with Crippen LogP contribution in [0.2, 0.25) is 0 Å². The fraction of sp³-hybridized carbons (Fsp3) is 0.381. The van der Waals surface area contributed by atoms with E-state index < -0.39 is 23.8 Å². The molecule has 0 bridgehead atoms. The Morgan fingerprint density at radius 1 is 1.10 bits per heavy atom. The Balaban J connectivity index is 1.49. The maximum atomic E-state index is 12.7. The van der Waals surface area contributed by atoms with Gasteiger partial charge in [0.2, 0.25) is 11.9 Å². The Labute approximate surface area is 174 Å².